The van der Waals surface area contributed by atoms with Crippen LogP contribution in [-0.4, -0.2) is 49.1 Å². The summed E-state index contributed by atoms with van der Waals surface area (Å²) in [4.78, 5) is 5.25. The fraction of sp³-hybridized carbons (Fsp3) is 1.00. The Morgan fingerprint density at radius 3 is 1.20 bits per heavy atom. The molecule has 0 aliphatic carbocycles. The number of hydrogen-bond donors (Lipinski definition) is 0. The van der Waals surface area contributed by atoms with Crippen molar-refractivity contribution in [2.75, 3.05) is 39.3 Å². The quantitative estimate of drug-likeness (QED) is 0.276. The van der Waals surface area contributed by atoms with Gasteiger partial charge in [-0.15, -0.1) is 0 Å². The van der Waals surface area contributed by atoms with Gasteiger partial charge in [-0.3, -0.25) is 0 Å². The standard InChI is InChI=1S/C23H48N2/c1-3-5-6-7-8-9-10-11-12-13-14-15-16-17-18-19-25-22-20-24(4-2)21-23-25/h3-23H2,1-2H3. The SMILES string of the molecule is CCCCCCCCCCCCCCCCCN1CCN(CC)CC1. The summed E-state index contributed by atoms with van der Waals surface area (Å²) in [6, 6.07) is 0. The van der Waals surface area contributed by atoms with E-state index in [-0.39, 0.29) is 0 Å². The predicted octanol–water partition coefficient (Wildman–Crippen LogP) is 6.50. The molecule has 150 valence electrons. The third-order valence-electron chi connectivity index (χ3n) is 5.99. The minimum Gasteiger partial charge on any atom is -0.301 e. The molecule has 0 spiro atoms. The maximum Gasteiger partial charge on any atom is 0.0110 e. The summed E-state index contributed by atoms with van der Waals surface area (Å²) >= 11 is 0. The van der Waals surface area contributed by atoms with Crippen molar-refractivity contribution < 1.29 is 0 Å². The third-order valence-corrected chi connectivity index (χ3v) is 5.99. The van der Waals surface area contributed by atoms with Crippen LogP contribution in [0.1, 0.15) is 110 Å². The van der Waals surface area contributed by atoms with Crippen LogP contribution in [0.2, 0.25) is 0 Å². The molecule has 0 unspecified atom stereocenters. The minimum atomic E-state index is 1.23. The molecule has 1 aliphatic rings. The lowest BCUT2D eigenvalue weighted by Crippen LogP contribution is -2.46. The van der Waals surface area contributed by atoms with E-state index in [9.17, 15) is 0 Å². The summed E-state index contributed by atoms with van der Waals surface area (Å²) < 4.78 is 0. The van der Waals surface area contributed by atoms with Gasteiger partial charge >= 0.3 is 0 Å². The highest BCUT2D eigenvalue weighted by atomic mass is 15.3. The van der Waals surface area contributed by atoms with Gasteiger partial charge in [-0.05, 0) is 19.5 Å². The molecule has 2 heteroatoms. The van der Waals surface area contributed by atoms with E-state index < -0.39 is 0 Å². The Kier molecular flexibility index (Phi) is 15.9. The molecule has 0 aromatic heterocycles. The number of rotatable bonds is 17. The minimum absolute atomic E-state index is 1.23. The molecule has 0 amide bonds. The predicted molar refractivity (Wildman–Crippen MR) is 113 cm³/mol. The van der Waals surface area contributed by atoms with Gasteiger partial charge in [-0.1, -0.05) is 104 Å². The van der Waals surface area contributed by atoms with Gasteiger partial charge in [0.05, 0.1) is 0 Å². The van der Waals surface area contributed by atoms with Crippen molar-refractivity contribution in [3.8, 4) is 0 Å². The molecule has 0 atom stereocenters. The van der Waals surface area contributed by atoms with Gasteiger partial charge in [-0.2, -0.15) is 0 Å². The van der Waals surface area contributed by atoms with Gasteiger partial charge in [0.15, 0.2) is 0 Å². The van der Waals surface area contributed by atoms with Gasteiger partial charge < -0.3 is 9.80 Å². The smallest absolute Gasteiger partial charge is 0.0110 e. The number of likely N-dealkylation sites (N-methyl/N-ethyl adjacent to an activating group) is 1. The number of hydrogen-bond acceptors (Lipinski definition) is 2. The lowest BCUT2D eigenvalue weighted by molar-refractivity contribution is 0.135. The fourth-order valence-corrected chi connectivity index (χ4v) is 4.04. The molecule has 1 heterocycles. The molecular formula is C23H48N2. The van der Waals surface area contributed by atoms with E-state index in [0.717, 1.165) is 0 Å². The van der Waals surface area contributed by atoms with Crippen molar-refractivity contribution in [2.45, 2.75) is 110 Å². The molecule has 1 fully saturated rings. The molecule has 0 aromatic rings. The zero-order valence-electron chi connectivity index (χ0n) is 17.7. The lowest BCUT2D eigenvalue weighted by Gasteiger charge is -2.33. The van der Waals surface area contributed by atoms with E-state index in [1.54, 1.807) is 0 Å². The van der Waals surface area contributed by atoms with E-state index in [2.05, 4.69) is 23.6 Å². The zero-order valence-corrected chi connectivity index (χ0v) is 17.7. The summed E-state index contributed by atoms with van der Waals surface area (Å²) in [7, 11) is 0. The fourth-order valence-electron chi connectivity index (χ4n) is 4.04. The Labute approximate surface area is 159 Å². The van der Waals surface area contributed by atoms with Crippen LogP contribution in [0.3, 0.4) is 0 Å². The maximum atomic E-state index is 2.68. The van der Waals surface area contributed by atoms with Crippen molar-refractivity contribution in [3.63, 3.8) is 0 Å². The molecule has 1 aliphatic heterocycles. The third kappa shape index (κ3) is 13.7. The Morgan fingerprint density at radius 2 is 0.800 bits per heavy atom. The average molecular weight is 353 g/mol. The summed E-state index contributed by atoms with van der Waals surface area (Å²) in [5.41, 5.74) is 0. The van der Waals surface area contributed by atoms with Crippen LogP contribution < -0.4 is 0 Å². The lowest BCUT2D eigenvalue weighted by atomic mass is 10.0. The topological polar surface area (TPSA) is 6.48 Å². The first kappa shape index (κ1) is 23.0. The molecular weight excluding hydrogens is 304 g/mol. The molecule has 25 heavy (non-hydrogen) atoms. The monoisotopic (exact) mass is 352 g/mol. The van der Waals surface area contributed by atoms with Crippen LogP contribution in [0.4, 0.5) is 0 Å². The van der Waals surface area contributed by atoms with Crippen molar-refractivity contribution >= 4 is 0 Å². The van der Waals surface area contributed by atoms with Crippen LogP contribution in [0.15, 0.2) is 0 Å². The first-order valence-electron chi connectivity index (χ1n) is 11.8. The molecule has 2 nitrogen and oxygen atoms in total. The second-order valence-corrected chi connectivity index (χ2v) is 8.23. The Hall–Kier alpha value is -0.0800. The van der Waals surface area contributed by atoms with Crippen LogP contribution >= 0.6 is 0 Å². The zero-order chi connectivity index (χ0) is 18.0. The molecule has 1 saturated heterocycles. The Morgan fingerprint density at radius 1 is 0.440 bits per heavy atom. The Balaban J connectivity index is 1.71. The van der Waals surface area contributed by atoms with E-state index in [1.165, 1.54) is 136 Å². The van der Waals surface area contributed by atoms with Gasteiger partial charge in [0.25, 0.3) is 0 Å². The normalized spacial score (nSPS) is 16.6. The Bertz CT molecular complexity index is 259. The van der Waals surface area contributed by atoms with Gasteiger partial charge in [0, 0.05) is 26.2 Å². The highest BCUT2D eigenvalue weighted by Gasteiger charge is 2.14. The second-order valence-electron chi connectivity index (χ2n) is 8.23. The number of piperazine rings is 1. The van der Waals surface area contributed by atoms with Crippen molar-refractivity contribution in [1.82, 2.24) is 9.80 Å². The van der Waals surface area contributed by atoms with Crippen molar-refractivity contribution in [2.24, 2.45) is 0 Å². The number of unbranched alkanes of at least 4 members (excludes halogenated alkanes) is 14. The largest absolute Gasteiger partial charge is 0.301 e. The molecule has 0 saturated carbocycles. The van der Waals surface area contributed by atoms with Crippen molar-refractivity contribution in [1.29, 1.82) is 0 Å². The average Bonchev–Trinajstić information content (AvgIpc) is 2.65. The molecule has 0 aromatic carbocycles. The van der Waals surface area contributed by atoms with Crippen LogP contribution in [0, 0.1) is 0 Å². The summed E-state index contributed by atoms with van der Waals surface area (Å²) in [6.07, 6.45) is 21.9. The van der Waals surface area contributed by atoms with Gasteiger partial charge in [0.1, 0.15) is 0 Å². The summed E-state index contributed by atoms with van der Waals surface area (Å²) in [6.45, 7) is 12.3. The maximum absolute atomic E-state index is 2.68. The van der Waals surface area contributed by atoms with Gasteiger partial charge in [-0.25, -0.2) is 0 Å². The van der Waals surface area contributed by atoms with Crippen LogP contribution in [-0.2, 0) is 0 Å². The highest BCUT2D eigenvalue weighted by molar-refractivity contribution is 4.70. The van der Waals surface area contributed by atoms with E-state index in [4.69, 9.17) is 0 Å². The molecule has 1 rings (SSSR count). The van der Waals surface area contributed by atoms with Crippen LogP contribution in [0.5, 0.6) is 0 Å². The molecule has 0 N–H and O–H groups in total. The van der Waals surface area contributed by atoms with Crippen molar-refractivity contribution in [3.05, 3.63) is 0 Å². The first-order chi connectivity index (χ1) is 12.4. The summed E-state index contributed by atoms with van der Waals surface area (Å²) in [5.74, 6) is 0. The number of nitrogens with zero attached hydrogens (tertiary/aromatic N) is 2. The highest BCUT2D eigenvalue weighted by Crippen LogP contribution is 2.13. The molecule has 0 bridgehead atoms. The van der Waals surface area contributed by atoms with Gasteiger partial charge in [0.2, 0.25) is 0 Å². The summed E-state index contributed by atoms with van der Waals surface area (Å²) in [5, 5.41) is 0. The van der Waals surface area contributed by atoms with E-state index >= 15 is 0 Å². The first-order valence-corrected chi connectivity index (χ1v) is 11.8. The molecule has 0 radical (unpaired) electrons. The second kappa shape index (κ2) is 17.3. The van der Waals surface area contributed by atoms with E-state index in [0.29, 0.717) is 0 Å². The van der Waals surface area contributed by atoms with E-state index in [1.807, 2.05) is 0 Å². The van der Waals surface area contributed by atoms with Crippen LogP contribution in [0.25, 0.3) is 0 Å².